The van der Waals surface area contributed by atoms with Crippen molar-refractivity contribution in [3.63, 3.8) is 0 Å². The standard InChI is InChI=1S/C15H12N4O3S/c20-12(6-5-10-3-2-8-23-10)17-9-13-18-14(19-22-13)11-4-1-7-16-15(11)21/h1-8H,9H2,(H,16,21)(H,17,20). The van der Waals surface area contributed by atoms with Crippen molar-refractivity contribution >= 4 is 23.3 Å². The molecule has 0 atom stereocenters. The Morgan fingerprint density at radius 1 is 1.39 bits per heavy atom. The van der Waals surface area contributed by atoms with Crippen molar-refractivity contribution in [2.75, 3.05) is 0 Å². The average molecular weight is 328 g/mol. The van der Waals surface area contributed by atoms with Crippen molar-refractivity contribution in [3.05, 3.63) is 63.0 Å². The molecule has 0 unspecified atom stereocenters. The molecule has 0 spiro atoms. The number of nitrogens with zero attached hydrogens (tertiary/aromatic N) is 2. The highest BCUT2D eigenvalue weighted by molar-refractivity contribution is 7.10. The number of amides is 1. The molecule has 2 N–H and O–H groups in total. The van der Waals surface area contributed by atoms with E-state index in [2.05, 4.69) is 20.4 Å². The molecule has 0 saturated carbocycles. The maximum Gasteiger partial charge on any atom is 0.259 e. The molecule has 0 aliphatic heterocycles. The lowest BCUT2D eigenvalue weighted by atomic mass is 10.3. The zero-order valence-corrected chi connectivity index (χ0v) is 12.7. The van der Waals surface area contributed by atoms with Crippen LogP contribution in [0.5, 0.6) is 0 Å². The highest BCUT2D eigenvalue weighted by Crippen LogP contribution is 2.11. The van der Waals surface area contributed by atoms with Gasteiger partial charge in [-0.05, 0) is 29.7 Å². The van der Waals surface area contributed by atoms with Gasteiger partial charge in [0.15, 0.2) is 0 Å². The number of pyridine rings is 1. The van der Waals surface area contributed by atoms with Gasteiger partial charge >= 0.3 is 0 Å². The molecular formula is C15H12N4O3S. The minimum Gasteiger partial charge on any atom is -0.343 e. The van der Waals surface area contributed by atoms with Crippen molar-refractivity contribution < 1.29 is 9.32 Å². The van der Waals surface area contributed by atoms with Crippen LogP contribution >= 0.6 is 11.3 Å². The second-order valence-corrected chi connectivity index (χ2v) is 5.47. The minimum absolute atomic E-state index is 0.0886. The molecule has 3 rings (SSSR count). The van der Waals surface area contributed by atoms with Gasteiger partial charge in [0.25, 0.3) is 5.56 Å². The van der Waals surface area contributed by atoms with Gasteiger partial charge in [0.2, 0.25) is 17.6 Å². The van der Waals surface area contributed by atoms with E-state index in [0.29, 0.717) is 5.56 Å². The number of nitrogens with one attached hydrogen (secondary N) is 2. The fourth-order valence-electron chi connectivity index (χ4n) is 1.80. The Balaban J connectivity index is 1.60. The van der Waals surface area contributed by atoms with E-state index in [0.717, 1.165) is 4.88 Å². The quantitative estimate of drug-likeness (QED) is 0.696. The van der Waals surface area contributed by atoms with Gasteiger partial charge in [0, 0.05) is 17.2 Å². The van der Waals surface area contributed by atoms with E-state index in [1.54, 1.807) is 29.5 Å². The van der Waals surface area contributed by atoms with Crippen LogP contribution in [0.1, 0.15) is 10.8 Å². The lowest BCUT2D eigenvalue weighted by Gasteiger charge is -1.96. The summed E-state index contributed by atoms with van der Waals surface area (Å²) in [6.45, 7) is 0.0886. The fourth-order valence-corrected chi connectivity index (χ4v) is 2.42. The number of H-pyrrole nitrogens is 1. The molecule has 0 bridgehead atoms. The maximum atomic E-state index is 11.7. The van der Waals surface area contributed by atoms with Crippen LogP contribution in [0.2, 0.25) is 0 Å². The summed E-state index contributed by atoms with van der Waals surface area (Å²) in [6.07, 6.45) is 4.68. The second-order valence-electron chi connectivity index (χ2n) is 4.49. The average Bonchev–Trinajstić information content (AvgIpc) is 3.23. The zero-order valence-electron chi connectivity index (χ0n) is 11.9. The van der Waals surface area contributed by atoms with E-state index in [9.17, 15) is 9.59 Å². The molecule has 8 heteroatoms. The first-order chi connectivity index (χ1) is 11.2. The van der Waals surface area contributed by atoms with Crippen molar-refractivity contribution in [1.29, 1.82) is 0 Å². The van der Waals surface area contributed by atoms with Gasteiger partial charge in [-0.25, -0.2) is 0 Å². The topological polar surface area (TPSA) is 101 Å². The summed E-state index contributed by atoms with van der Waals surface area (Å²) in [5.41, 5.74) is 0.00850. The highest BCUT2D eigenvalue weighted by atomic mass is 32.1. The Morgan fingerprint density at radius 2 is 2.30 bits per heavy atom. The van der Waals surface area contributed by atoms with Gasteiger partial charge in [-0.3, -0.25) is 9.59 Å². The number of rotatable bonds is 5. The molecular weight excluding hydrogens is 316 g/mol. The van der Waals surface area contributed by atoms with E-state index < -0.39 is 0 Å². The minimum atomic E-state index is -0.303. The molecule has 0 saturated heterocycles. The predicted molar refractivity (Wildman–Crippen MR) is 85.6 cm³/mol. The van der Waals surface area contributed by atoms with E-state index in [4.69, 9.17) is 4.52 Å². The molecule has 116 valence electrons. The summed E-state index contributed by atoms with van der Waals surface area (Å²) in [5.74, 6) is 0.141. The summed E-state index contributed by atoms with van der Waals surface area (Å²) < 4.78 is 5.02. The van der Waals surface area contributed by atoms with Crippen molar-refractivity contribution in [1.82, 2.24) is 20.4 Å². The Hall–Kier alpha value is -3.00. The number of aromatic nitrogens is 3. The van der Waals surface area contributed by atoms with Crippen LogP contribution in [0.15, 0.2) is 51.2 Å². The normalized spacial score (nSPS) is 11.0. The smallest absolute Gasteiger partial charge is 0.259 e. The maximum absolute atomic E-state index is 11.7. The number of thiophene rings is 1. The first kappa shape index (κ1) is 14.9. The lowest BCUT2D eigenvalue weighted by molar-refractivity contribution is -0.116. The van der Waals surface area contributed by atoms with Crippen LogP contribution < -0.4 is 10.9 Å². The van der Waals surface area contributed by atoms with Crippen molar-refractivity contribution in [3.8, 4) is 11.4 Å². The number of aromatic amines is 1. The molecule has 0 aliphatic rings. The molecule has 0 radical (unpaired) electrons. The molecule has 23 heavy (non-hydrogen) atoms. The third-order valence-electron chi connectivity index (χ3n) is 2.88. The number of carbonyl (C=O) groups is 1. The van der Waals surface area contributed by atoms with E-state index in [1.165, 1.54) is 12.3 Å². The van der Waals surface area contributed by atoms with Gasteiger partial charge in [-0.1, -0.05) is 11.2 Å². The van der Waals surface area contributed by atoms with Gasteiger partial charge in [-0.15, -0.1) is 11.3 Å². The molecule has 3 aromatic heterocycles. The third kappa shape index (κ3) is 3.80. The summed E-state index contributed by atoms with van der Waals surface area (Å²) >= 11 is 1.54. The van der Waals surface area contributed by atoms with Crippen LogP contribution in [-0.4, -0.2) is 21.0 Å². The third-order valence-corrected chi connectivity index (χ3v) is 3.72. The van der Waals surface area contributed by atoms with Gasteiger partial charge in [-0.2, -0.15) is 4.98 Å². The molecule has 7 nitrogen and oxygen atoms in total. The van der Waals surface area contributed by atoms with E-state index in [1.807, 2.05) is 17.5 Å². The Labute approximate surface area is 134 Å². The largest absolute Gasteiger partial charge is 0.343 e. The van der Waals surface area contributed by atoms with E-state index in [-0.39, 0.29) is 29.7 Å². The number of hydrogen-bond donors (Lipinski definition) is 2. The Kier molecular flexibility index (Phi) is 4.44. The fraction of sp³-hybridized carbons (Fsp3) is 0.0667. The SMILES string of the molecule is O=C(C=Cc1cccs1)NCc1nc(-c2ccc[nH]c2=O)no1. The predicted octanol–water partition coefficient (Wildman–Crippen LogP) is 1.82. The molecule has 1 amide bonds. The first-order valence-corrected chi connectivity index (χ1v) is 7.60. The first-order valence-electron chi connectivity index (χ1n) is 6.72. The van der Waals surface area contributed by atoms with Crippen LogP contribution in [0.4, 0.5) is 0 Å². The Bertz CT molecular complexity index is 880. The van der Waals surface area contributed by atoms with Crippen LogP contribution in [0.25, 0.3) is 17.5 Å². The molecule has 3 aromatic rings. The summed E-state index contributed by atoms with van der Waals surface area (Å²) in [6, 6.07) is 7.09. The summed E-state index contributed by atoms with van der Waals surface area (Å²) in [4.78, 5) is 31.0. The molecule has 3 heterocycles. The lowest BCUT2D eigenvalue weighted by Crippen LogP contribution is -2.20. The van der Waals surface area contributed by atoms with Crippen molar-refractivity contribution in [2.24, 2.45) is 0 Å². The van der Waals surface area contributed by atoms with Crippen LogP contribution in [0.3, 0.4) is 0 Å². The summed E-state index contributed by atoms with van der Waals surface area (Å²) in [7, 11) is 0. The van der Waals surface area contributed by atoms with Gasteiger partial charge in [0.1, 0.15) is 0 Å². The summed E-state index contributed by atoms with van der Waals surface area (Å²) in [5, 5.41) is 8.31. The Morgan fingerprint density at radius 3 is 3.09 bits per heavy atom. The molecule has 0 aliphatic carbocycles. The molecule has 0 aromatic carbocycles. The number of carbonyl (C=O) groups excluding carboxylic acids is 1. The van der Waals surface area contributed by atoms with Crippen LogP contribution in [0, 0.1) is 0 Å². The van der Waals surface area contributed by atoms with Gasteiger partial charge in [0.05, 0.1) is 12.1 Å². The van der Waals surface area contributed by atoms with Gasteiger partial charge < -0.3 is 14.8 Å². The number of hydrogen-bond acceptors (Lipinski definition) is 6. The highest BCUT2D eigenvalue weighted by Gasteiger charge is 2.11. The molecule has 0 fully saturated rings. The van der Waals surface area contributed by atoms with E-state index >= 15 is 0 Å². The monoisotopic (exact) mass is 328 g/mol. The van der Waals surface area contributed by atoms with Crippen LogP contribution in [-0.2, 0) is 11.3 Å². The zero-order chi connectivity index (χ0) is 16.1. The van der Waals surface area contributed by atoms with Crippen molar-refractivity contribution in [2.45, 2.75) is 6.54 Å². The second kappa shape index (κ2) is 6.84.